The van der Waals surface area contributed by atoms with Crippen LogP contribution >= 0.6 is 0 Å². The van der Waals surface area contributed by atoms with Gasteiger partial charge in [0.2, 0.25) is 5.95 Å². The summed E-state index contributed by atoms with van der Waals surface area (Å²) < 4.78 is 7.31. The highest BCUT2D eigenvalue weighted by molar-refractivity contribution is 5.78. The summed E-state index contributed by atoms with van der Waals surface area (Å²) in [7, 11) is 1.65. The minimum Gasteiger partial charge on any atom is -0.497 e. The van der Waals surface area contributed by atoms with E-state index in [0.717, 1.165) is 60.1 Å². The summed E-state index contributed by atoms with van der Waals surface area (Å²) in [6, 6.07) is 14.2. The molecule has 1 aliphatic rings. The number of rotatable bonds is 8. The highest BCUT2D eigenvalue weighted by atomic mass is 16.5. The summed E-state index contributed by atoms with van der Waals surface area (Å²) in [6.45, 7) is 7.13. The lowest BCUT2D eigenvalue weighted by molar-refractivity contribution is 0.415. The van der Waals surface area contributed by atoms with Gasteiger partial charge in [0.25, 0.3) is 0 Å². The number of anilines is 4. The number of ether oxygens (including phenoxy) is 1. The smallest absolute Gasteiger partial charge is 0.229 e. The van der Waals surface area contributed by atoms with E-state index >= 15 is 0 Å². The second-order valence-corrected chi connectivity index (χ2v) is 9.19. The quantitative estimate of drug-likeness (QED) is 0.329. The number of hydrogen-bond donors (Lipinski definition) is 3. The maximum Gasteiger partial charge on any atom is 0.229 e. The number of methoxy groups -OCH3 is 1. The highest BCUT2D eigenvalue weighted by Crippen LogP contribution is 2.31. The Labute approximate surface area is 205 Å². The molecule has 0 radical (unpaired) electrons. The van der Waals surface area contributed by atoms with Crippen LogP contribution in [-0.2, 0) is 19.5 Å². The van der Waals surface area contributed by atoms with E-state index in [1.54, 1.807) is 7.11 Å². The molecule has 0 fully saturated rings. The Hall–Kier alpha value is -3.91. The maximum absolute atomic E-state index is 5.34. The molecule has 2 aromatic carbocycles. The molecule has 0 aliphatic carbocycles. The Morgan fingerprint density at radius 1 is 1.06 bits per heavy atom. The topological polar surface area (TPSA) is 88.9 Å². The van der Waals surface area contributed by atoms with E-state index in [0.29, 0.717) is 11.9 Å². The number of nitrogens with zero attached hydrogens (tertiary/aromatic N) is 4. The molecule has 3 N–H and O–H groups in total. The first-order chi connectivity index (χ1) is 17.1. The van der Waals surface area contributed by atoms with Gasteiger partial charge in [-0.05, 0) is 54.3 Å². The third kappa shape index (κ3) is 5.44. The number of benzene rings is 2. The van der Waals surface area contributed by atoms with Gasteiger partial charge in [-0.3, -0.25) is 4.68 Å². The summed E-state index contributed by atoms with van der Waals surface area (Å²) >= 11 is 0. The lowest BCUT2D eigenvalue weighted by Crippen LogP contribution is -2.23. The average Bonchev–Trinajstić information content (AvgIpc) is 3.31. The molecule has 35 heavy (non-hydrogen) atoms. The zero-order chi connectivity index (χ0) is 24.2. The van der Waals surface area contributed by atoms with E-state index in [4.69, 9.17) is 9.72 Å². The minimum absolute atomic E-state index is 0.499. The van der Waals surface area contributed by atoms with Crippen LogP contribution in [0.2, 0.25) is 0 Å². The molecule has 5 rings (SSSR count). The molecule has 0 amide bonds. The molecule has 3 heterocycles. The Bertz CT molecular complexity index is 1310. The molecular formula is C27H31N7O. The van der Waals surface area contributed by atoms with Gasteiger partial charge in [-0.15, -0.1) is 0 Å². The van der Waals surface area contributed by atoms with Gasteiger partial charge in [-0.2, -0.15) is 10.1 Å². The van der Waals surface area contributed by atoms with E-state index in [2.05, 4.69) is 64.3 Å². The van der Waals surface area contributed by atoms with Crippen LogP contribution in [-0.4, -0.2) is 33.4 Å². The van der Waals surface area contributed by atoms with Crippen molar-refractivity contribution in [3.63, 3.8) is 0 Å². The average molecular weight is 470 g/mol. The number of aromatic nitrogens is 4. The van der Waals surface area contributed by atoms with Crippen LogP contribution < -0.4 is 20.7 Å². The van der Waals surface area contributed by atoms with Crippen molar-refractivity contribution in [2.24, 2.45) is 5.92 Å². The number of nitrogens with one attached hydrogen (secondary N) is 3. The van der Waals surface area contributed by atoms with Gasteiger partial charge < -0.3 is 20.7 Å². The van der Waals surface area contributed by atoms with Gasteiger partial charge in [-0.25, -0.2) is 4.98 Å². The van der Waals surface area contributed by atoms with Crippen molar-refractivity contribution < 1.29 is 4.74 Å². The molecule has 8 heteroatoms. The van der Waals surface area contributed by atoms with Crippen LogP contribution in [0, 0.1) is 5.92 Å². The Morgan fingerprint density at radius 2 is 1.94 bits per heavy atom. The van der Waals surface area contributed by atoms with Gasteiger partial charge in [0, 0.05) is 54.1 Å². The molecule has 1 aliphatic heterocycles. The van der Waals surface area contributed by atoms with Crippen LogP contribution in [0.15, 0.2) is 61.1 Å². The lowest BCUT2D eigenvalue weighted by atomic mass is 10.0. The second-order valence-electron chi connectivity index (χ2n) is 9.19. The largest absolute Gasteiger partial charge is 0.497 e. The Balaban J connectivity index is 1.49. The first-order valence-electron chi connectivity index (χ1n) is 12.0. The van der Waals surface area contributed by atoms with Crippen molar-refractivity contribution >= 4 is 23.1 Å². The van der Waals surface area contributed by atoms with E-state index < -0.39 is 0 Å². The molecule has 0 bridgehead atoms. The Morgan fingerprint density at radius 3 is 2.80 bits per heavy atom. The monoisotopic (exact) mass is 469 g/mol. The zero-order valence-electron chi connectivity index (χ0n) is 20.4. The van der Waals surface area contributed by atoms with Crippen molar-refractivity contribution in [3.8, 4) is 16.9 Å². The van der Waals surface area contributed by atoms with Crippen LogP contribution in [0.25, 0.3) is 11.1 Å². The van der Waals surface area contributed by atoms with Gasteiger partial charge in [0.1, 0.15) is 11.6 Å². The third-order valence-corrected chi connectivity index (χ3v) is 5.97. The predicted molar refractivity (Wildman–Crippen MR) is 140 cm³/mol. The van der Waals surface area contributed by atoms with Crippen molar-refractivity contribution in [2.75, 3.05) is 24.3 Å². The van der Waals surface area contributed by atoms with E-state index in [9.17, 15) is 0 Å². The van der Waals surface area contributed by atoms with Gasteiger partial charge in [0.05, 0.1) is 13.3 Å². The molecular weight excluding hydrogens is 438 g/mol. The van der Waals surface area contributed by atoms with Crippen molar-refractivity contribution in [2.45, 2.75) is 33.4 Å². The van der Waals surface area contributed by atoms with Crippen molar-refractivity contribution in [1.82, 2.24) is 25.1 Å². The standard InChI is InChI=1S/C27H31N7O/c1-18(2)16-34-17-21(14-30-34)25-15-29-27(32-22-5-4-6-24(12-22)35-3)33-26(25)31-23-8-7-19-9-10-28-13-20(19)11-23/h4-8,11-12,14-15,17-18,28H,9-10,13,16H2,1-3H3,(H2,29,31,32,33). The molecule has 0 spiro atoms. The van der Waals surface area contributed by atoms with Gasteiger partial charge in [-0.1, -0.05) is 26.0 Å². The normalized spacial score (nSPS) is 12.9. The van der Waals surface area contributed by atoms with Crippen LogP contribution in [0.1, 0.15) is 25.0 Å². The van der Waals surface area contributed by atoms with Crippen LogP contribution in [0.5, 0.6) is 5.75 Å². The molecule has 0 saturated carbocycles. The third-order valence-electron chi connectivity index (χ3n) is 5.97. The highest BCUT2D eigenvalue weighted by Gasteiger charge is 2.15. The molecule has 0 atom stereocenters. The molecule has 0 saturated heterocycles. The lowest BCUT2D eigenvalue weighted by Gasteiger charge is -2.19. The summed E-state index contributed by atoms with van der Waals surface area (Å²) in [5.74, 6) is 2.50. The molecule has 0 unspecified atom stereocenters. The summed E-state index contributed by atoms with van der Waals surface area (Å²) in [5, 5.41) is 14.8. The molecule has 2 aromatic heterocycles. The fourth-order valence-corrected chi connectivity index (χ4v) is 4.25. The number of hydrogen-bond acceptors (Lipinski definition) is 7. The first kappa shape index (κ1) is 22.9. The van der Waals surface area contributed by atoms with Gasteiger partial charge >= 0.3 is 0 Å². The predicted octanol–water partition coefficient (Wildman–Crippen LogP) is 5.14. The van der Waals surface area contributed by atoms with Crippen LogP contribution in [0.4, 0.5) is 23.1 Å². The van der Waals surface area contributed by atoms with E-state index in [1.807, 2.05) is 41.3 Å². The van der Waals surface area contributed by atoms with Crippen molar-refractivity contribution in [3.05, 3.63) is 72.2 Å². The molecule has 8 nitrogen and oxygen atoms in total. The second kappa shape index (κ2) is 10.1. The Kier molecular flexibility index (Phi) is 6.63. The molecule has 180 valence electrons. The van der Waals surface area contributed by atoms with Gasteiger partial charge in [0.15, 0.2) is 0 Å². The van der Waals surface area contributed by atoms with E-state index in [1.165, 1.54) is 11.1 Å². The first-order valence-corrected chi connectivity index (χ1v) is 12.0. The van der Waals surface area contributed by atoms with E-state index in [-0.39, 0.29) is 0 Å². The maximum atomic E-state index is 5.34. The molecule has 4 aromatic rings. The fraction of sp³-hybridized carbons (Fsp3) is 0.296. The fourth-order valence-electron chi connectivity index (χ4n) is 4.25. The zero-order valence-corrected chi connectivity index (χ0v) is 20.4. The summed E-state index contributed by atoms with van der Waals surface area (Å²) in [5.41, 5.74) is 6.43. The SMILES string of the molecule is COc1cccc(Nc2ncc(-c3cnn(CC(C)C)c3)c(Nc3ccc4c(c3)CNCC4)n2)c1. The summed E-state index contributed by atoms with van der Waals surface area (Å²) in [4.78, 5) is 9.45. The van der Waals surface area contributed by atoms with Crippen molar-refractivity contribution in [1.29, 1.82) is 0 Å². The van der Waals surface area contributed by atoms with Crippen LogP contribution in [0.3, 0.4) is 0 Å². The minimum atomic E-state index is 0.499. The summed E-state index contributed by atoms with van der Waals surface area (Å²) in [6.07, 6.45) is 6.82. The number of fused-ring (bicyclic) bond motifs is 1.